The van der Waals surface area contributed by atoms with Gasteiger partial charge in [0.25, 0.3) is 0 Å². The number of carboxylic acid groups (broad SMARTS) is 1. The molecule has 0 saturated carbocycles. The average Bonchev–Trinajstić information content (AvgIpc) is 2.82. The Labute approximate surface area is 143 Å². The summed E-state index contributed by atoms with van der Waals surface area (Å²) in [5.41, 5.74) is 1.63. The van der Waals surface area contributed by atoms with Crippen LogP contribution in [0, 0.1) is 0 Å². The number of rotatable bonds is 3. The van der Waals surface area contributed by atoms with Crippen LogP contribution < -0.4 is 0 Å². The van der Waals surface area contributed by atoms with Crippen molar-refractivity contribution in [3.8, 4) is 11.3 Å². The minimum atomic E-state index is -0.963. The lowest BCUT2D eigenvalue weighted by Gasteiger charge is -2.03. The fraction of sp³-hybridized carbons (Fsp3) is 0.0667. The smallest absolute Gasteiger partial charge is 0.307 e. The highest BCUT2D eigenvalue weighted by atomic mass is 79.9. The molecule has 1 heterocycles. The van der Waals surface area contributed by atoms with E-state index in [0.29, 0.717) is 37.8 Å². The van der Waals surface area contributed by atoms with Gasteiger partial charge in [-0.2, -0.15) is 0 Å². The van der Waals surface area contributed by atoms with E-state index in [1.165, 1.54) is 0 Å². The molecule has 0 unspecified atom stereocenters. The molecule has 0 spiro atoms. The van der Waals surface area contributed by atoms with Crippen LogP contribution in [0.15, 0.2) is 39.3 Å². The summed E-state index contributed by atoms with van der Waals surface area (Å²) in [6, 6.07) is 8.64. The van der Waals surface area contributed by atoms with Gasteiger partial charge < -0.3 is 9.63 Å². The van der Waals surface area contributed by atoms with Crippen molar-refractivity contribution < 1.29 is 14.4 Å². The minimum absolute atomic E-state index is 0.183. The zero-order valence-corrected chi connectivity index (χ0v) is 14.0. The van der Waals surface area contributed by atoms with Crippen LogP contribution in [0.25, 0.3) is 22.2 Å². The van der Waals surface area contributed by atoms with Crippen molar-refractivity contribution in [3.63, 3.8) is 0 Å². The molecule has 1 aromatic heterocycles. The van der Waals surface area contributed by atoms with E-state index in [1.54, 1.807) is 24.3 Å². The van der Waals surface area contributed by atoms with E-state index in [-0.39, 0.29) is 6.42 Å². The van der Waals surface area contributed by atoms with Gasteiger partial charge in [0.05, 0.1) is 16.8 Å². The van der Waals surface area contributed by atoms with Gasteiger partial charge in [0, 0.05) is 15.1 Å². The van der Waals surface area contributed by atoms with E-state index < -0.39 is 5.97 Å². The first-order valence-corrected chi connectivity index (χ1v) is 7.75. The number of halogens is 3. The van der Waals surface area contributed by atoms with Crippen molar-refractivity contribution in [1.29, 1.82) is 0 Å². The van der Waals surface area contributed by atoms with Gasteiger partial charge in [0.1, 0.15) is 5.52 Å². The molecular formula is C15H8BrCl2NO3. The standard InChI is InChI=1S/C15H8BrCl2NO3/c16-8-1-2-10(12(18)5-8)15-11-6-9(17)3-7(4-13(20)21)14(11)19-22-15/h1-3,5-6H,4H2,(H,20,21). The molecule has 0 aliphatic heterocycles. The highest BCUT2D eigenvalue weighted by Gasteiger charge is 2.18. The number of aliphatic carboxylic acids is 1. The van der Waals surface area contributed by atoms with E-state index in [1.807, 2.05) is 6.07 Å². The van der Waals surface area contributed by atoms with Crippen LogP contribution in [-0.2, 0) is 11.2 Å². The Balaban J connectivity index is 2.24. The summed E-state index contributed by atoms with van der Waals surface area (Å²) in [7, 11) is 0. The summed E-state index contributed by atoms with van der Waals surface area (Å²) < 4.78 is 6.24. The molecule has 0 amide bonds. The molecule has 4 nitrogen and oxygen atoms in total. The molecule has 2 aromatic carbocycles. The van der Waals surface area contributed by atoms with Gasteiger partial charge in [-0.05, 0) is 35.9 Å². The van der Waals surface area contributed by atoms with Crippen molar-refractivity contribution >= 4 is 56.0 Å². The molecule has 3 rings (SSSR count). The number of nitrogens with zero attached hydrogens (tertiary/aromatic N) is 1. The highest BCUT2D eigenvalue weighted by Crippen LogP contribution is 2.37. The summed E-state index contributed by atoms with van der Waals surface area (Å²) in [6.07, 6.45) is -0.183. The van der Waals surface area contributed by atoms with Crippen LogP contribution in [-0.4, -0.2) is 16.2 Å². The lowest BCUT2D eigenvalue weighted by Crippen LogP contribution is -2.00. The normalized spacial score (nSPS) is 11.0. The van der Waals surface area contributed by atoms with Gasteiger partial charge in [-0.1, -0.05) is 44.3 Å². The number of hydrogen-bond acceptors (Lipinski definition) is 3. The largest absolute Gasteiger partial charge is 0.481 e. The number of benzene rings is 2. The molecule has 22 heavy (non-hydrogen) atoms. The Bertz CT molecular complexity index is 892. The van der Waals surface area contributed by atoms with E-state index in [9.17, 15) is 4.79 Å². The monoisotopic (exact) mass is 399 g/mol. The lowest BCUT2D eigenvalue weighted by molar-refractivity contribution is -0.136. The second-order valence-electron chi connectivity index (χ2n) is 4.67. The maximum Gasteiger partial charge on any atom is 0.307 e. The fourth-order valence-electron chi connectivity index (χ4n) is 2.24. The second-order valence-corrected chi connectivity index (χ2v) is 6.43. The number of hydrogen-bond donors (Lipinski definition) is 1. The molecule has 0 fully saturated rings. The summed E-state index contributed by atoms with van der Waals surface area (Å²) in [6.45, 7) is 0. The Kier molecular flexibility index (Phi) is 4.12. The molecule has 0 atom stereocenters. The van der Waals surface area contributed by atoms with Crippen molar-refractivity contribution in [2.45, 2.75) is 6.42 Å². The Hall–Kier alpha value is -1.56. The molecule has 7 heteroatoms. The Morgan fingerprint density at radius 1 is 1.27 bits per heavy atom. The van der Waals surface area contributed by atoms with Gasteiger partial charge in [0.2, 0.25) is 0 Å². The first-order chi connectivity index (χ1) is 10.5. The zero-order chi connectivity index (χ0) is 15.9. The fourth-order valence-corrected chi connectivity index (χ4v) is 3.24. The number of carboxylic acids is 1. The van der Waals surface area contributed by atoms with Gasteiger partial charge in [-0.25, -0.2) is 0 Å². The second kappa shape index (κ2) is 5.91. The molecule has 1 N–H and O–H groups in total. The molecule has 3 aromatic rings. The predicted molar refractivity (Wildman–Crippen MR) is 88.5 cm³/mol. The zero-order valence-electron chi connectivity index (χ0n) is 10.9. The van der Waals surface area contributed by atoms with Crippen LogP contribution in [0.3, 0.4) is 0 Å². The first-order valence-electron chi connectivity index (χ1n) is 6.20. The van der Waals surface area contributed by atoms with Crippen molar-refractivity contribution in [2.24, 2.45) is 0 Å². The minimum Gasteiger partial charge on any atom is -0.481 e. The SMILES string of the molecule is O=C(O)Cc1cc(Cl)cc2c(-c3ccc(Br)cc3Cl)onc12. The Morgan fingerprint density at radius 3 is 2.73 bits per heavy atom. The molecule has 0 aliphatic carbocycles. The van der Waals surface area contributed by atoms with E-state index in [0.717, 1.165) is 4.47 Å². The van der Waals surface area contributed by atoms with E-state index in [4.69, 9.17) is 32.8 Å². The third kappa shape index (κ3) is 2.84. The summed E-state index contributed by atoms with van der Waals surface area (Å²) in [5, 5.41) is 14.5. The van der Waals surface area contributed by atoms with Crippen molar-refractivity contribution in [3.05, 3.63) is 50.4 Å². The number of aromatic nitrogens is 1. The quantitative estimate of drug-likeness (QED) is 0.656. The number of fused-ring (bicyclic) bond motifs is 1. The van der Waals surface area contributed by atoms with Crippen LogP contribution in [0.2, 0.25) is 10.0 Å². The van der Waals surface area contributed by atoms with Crippen LogP contribution >= 0.6 is 39.1 Å². The van der Waals surface area contributed by atoms with Crippen LogP contribution in [0.5, 0.6) is 0 Å². The summed E-state index contributed by atoms with van der Waals surface area (Å²) in [4.78, 5) is 11.0. The topological polar surface area (TPSA) is 63.3 Å². The molecule has 0 saturated heterocycles. The van der Waals surface area contributed by atoms with Crippen molar-refractivity contribution in [2.75, 3.05) is 0 Å². The maximum atomic E-state index is 11.0. The third-order valence-corrected chi connectivity index (χ3v) is 4.17. The van der Waals surface area contributed by atoms with Gasteiger partial charge >= 0.3 is 5.97 Å². The maximum absolute atomic E-state index is 11.0. The van der Waals surface area contributed by atoms with E-state index in [2.05, 4.69) is 21.1 Å². The summed E-state index contributed by atoms with van der Waals surface area (Å²) in [5.74, 6) is -0.503. The van der Waals surface area contributed by atoms with Crippen molar-refractivity contribution in [1.82, 2.24) is 5.16 Å². The summed E-state index contributed by atoms with van der Waals surface area (Å²) >= 11 is 15.7. The van der Waals surface area contributed by atoms with Crippen LogP contribution in [0.4, 0.5) is 0 Å². The first kappa shape index (κ1) is 15.3. The molecular weight excluding hydrogens is 393 g/mol. The van der Waals surface area contributed by atoms with Gasteiger partial charge in [-0.15, -0.1) is 0 Å². The van der Waals surface area contributed by atoms with Gasteiger partial charge in [0.15, 0.2) is 5.76 Å². The lowest BCUT2D eigenvalue weighted by atomic mass is 10.0. The Morgan fingerprint density at radius 2 is 2.05 bits per heavy atom. The molecule has 112 valence electrons. The van der Waals surface area contributed by atoms with Crippen LogP contribution in [0.1, 0.15) is 5.56 Å². The predicted octanol–water partition coefficient (Wildman–Crippen LogP) is 5.19. The highest BCUT2D eigenvalue weighted by molar-refractivity contribution is 9.10. The molecule has 0 radical (unpaired) electrons. The van der Waals surface area contributed by atoms with Gasteiger partial charge in [-0.3, -0.25) is 4.79 Å². The number of carbonyl (C=O) groups is 1. The average molecular weight is 401 g/mol. The molecule has 0 bridgehead atoms. The molecule has 0 aliphatic rings. The third-order valence-electron chi connectivity index (χ3n) is 3.14. The van der Waals surface area contributed by atoms with E-state index >= 15 is 0 Å².